The molecule has 104 valence electrons. The molecule has 0 fully saturated rings. The largest absolute Gasteiger partial charge is 0.497 e. The molecule has 20 heavy (non-hydrogen) atoms. The van der Waals surface area contributed by atoms with Crippen LogP contribution in [0.3, 0.4) is 0 Å². The van der Waals surface area contributed by atoms with Crippen molar-refractivity contribution in [1.29, 1.82) is 0 Å². The lowest BCUT2D eigenvalue weighted by molar-refractivity contribution is 0.111. The van der Waals surface area contributed by atoms with Crippen LogP contribution in [0.5, 0.6) is 17.2 Å². The Kier molecular flexibility index (Phi) is 5.00. The van der Waals surface area contributed by atoms with Gasteiger partial charge in [0.1, 0.15) is 30.5 Å². The monoisotopic (exact) mass is 272 g/mol. The van der Waals surface area contributed by atoms with Gasteiger partial charge in [-0.05, 0) is 24.3 Å². The average Bonchev–Trinajstić information content (AvgIpc) is 2.52. The van der Waals surface area contributed by atoms with Crippen molar-refractivity contribution >= 4 is 6.29 Å². The molecule has 2 rings (SSSR count). The first kappa shape index (κ1) is 13.9. The van der Waals surface area contributed by atoms with Crippen molar-refractivity contribution < 1.29 is 19.0 Å². The molecule has 2 aromatic carbocycles. The van der Waals surface area contributed by atoms with E-state index in [1.807, 2.05) is 24.3 Å². The van der Waals surface area contributed by atoms with E-state index in [4.69, 9.17) is 14.2 Å². The highest BCUT2D eigenvalue weighted by molar-refractivity contribution is 5.79. The van der Waals surface area contributed by atoms with Gasteiger partial charge in [0.25, 0.3) is 0 Å². The lowest BCUT2D eigenvalue weighted by atomic mass is 10.2. The third-order valence-corrected chi connectivity index (χ3v) is 2.70. The molecule has 0 N–H and O–H groups in total. The van der Waals surface area contributed by atoms with Crippen molar-refractivity contribution in [3.8, 4) is 17.2 Å². The van der Waals surface area contributed by atoms with E-state index in [9.17, 15) is 4.79 Å². The van der Waals surface area contributed by atoms with Crippen LogP contribution in [0.15, 0.2) is 48.5 Å². The highest BCUT2D eigenvalue weighted by atomic mass is 16.5. The van der Waals surface area contributed by atoms with E-state index in [1.54, 1.807) is 31.4 Å². The van der Waals surface area contributed by atoms with Crippen LogP contribution < -0.4 is 14.2 Å². The maximum absolute atomic E-state index is 10.8. The molecule has 0 saturated carbocycles. The fraction of sp³-hybridized carbons (Fsp3) is 0.188. The van der Waals surface area contributed by atoms with Crippen LogP contribution in [-0.4, -0.2) is 26.6 Å². The van der Waals surface area contributed by atoms with Crippen LogP contribution in [-0.2, 0) is 0 Å². The lowest BCUT2D eigenvalue weighted by Crippen LogP contribution is -2.09. The van der Waals surface area contributed by atoms with Crippen molar-refractivity contribution in [2.24, 2.45) is 0 Å². The summed E-state index contributed by atoms with van der Waals surface area (Å²) in [6.07, 6.45) is 0.776. The third kappa shape index (κ3) is 3.75. The predicted molar refractivity (Wildman–Crippen MR) is 75.8 cm³/mol. The molecule has 0 aliphatic carbocycles. The molecule has 0 unspecified atom stereocenters. The van der Waals surface area contributed by atoms with Gasteiger partial charge in [0.2, 0.25) is 0 Å². The number of rotatable bonds is 7. The van der Waals surface area contributed by atoms with Crippen LogP contribution in [0.4, 0.5) is 0 Å². The first-order valence-corrected chi connectivity index (χ1v) is 6.27. The van der Waals surface area contributed by atoms with Crippen molar-refractivity contribution in [3.63, 3.8) is 0 Å². The summed E-state index contributed by atoms with van der Waals surface area (Å²) in [5, 5.41) is 0. The standard InChI is InChI=1S/C16H16O4/c1-18-14-6-4-7-15(11-14)19-9-10-20-16-8-3-2-5-13(16)12-17/h2-8,11-12H,9-10H2,1H3. The van der Waals surface area contributed by atoms with Crippen LogP contribution in [0.25, 0.3) is 0 Å². The van der Waals surface area contributed by atoms with Gasteiger partial charge in [-0.1, -0.05) is 18.2 Å². The highest BCUT2D eigenvalue weighted by Gasteiger charge is 2.01. The number of hydrogen-bond acceptors (Lipinski definition) is 4. The molecule has 0 bridgehead atoms. The minimum absolute atomic E-state index is 0.363. The summed E-state index contributed by atoms with van der Waals surface area (Å²) in [5.41, 5.74) is 0.536. The maximum atomic E-state index is 10.8. The zero-order valence-electron chi connectivity index (χ0n) is 11.2. The Hall–Kier alpha value is -2.49. The van der Waals surface area contributed by atoms with Gasteiger partial charge >= 0.3 is 0 Å². The van der Waals surface area contributed by atoms with Gasteiger partial charge in [-0.3, -0.25) is 4.79 Å². The van der Waals surface area contributed by atoms with Crippen LogP contribution in [0.2, 0.25) is 0 Å². The Labute approximate surface area is 117 Å². The molecule has 2 aromatic rings. The highest BCUT2D eigenvalue weighted by Crippen LogP contribution is 2.19. The minimum Gasteiger partial charge on any atom is -0.497 e. The Balaban J connectivity index is 1.82. The average molecular weight is 272 g/mol. The quantitative estimate of drug-likeness (QED) is 0.574. The van der Waals surface area contributed by atoms with Crippen molar-refractivity contribution in [2.75, 3.05) is 20.3 Å². The summed E-state index contributed by atoms with van der Waals surface area (Å²) < 4.78 is 16.2. The van der Waals surface area contributed by atoms with E-state index in [0.717, 1.165) is 17.8 Å². The zero-order chi connectivity index (χ0) is 14.2. The molecule has 0 heterocycles. The van der Waals surface area contributed by atoms with E-state index < -0.39 is 0 Å². The maximum Gasteiger partial charge on any atom is 0.153 e. The molecule has 0 atom stereocenters. The molecular weight excluding hydrogens is 256 g/mol. The van der Waals surface area contributed by atoms with Crippen molar-refractivity contribution in [3.05, 3.63) is 54.1 Å². The Morgan fingerprint density at radius 2 is 1.70 bits per heavy atom. The third-order valence-electron chi connectivity index (χ3n) is 2.70. The molecule has 0 saturated heterocycles. The molecule has 0 amide bonds. The van der Waals surface area contributed by atoms with Crippen molar-refractivity contribution in [1.82, 2.24) is 0 Å². The summed E-state index contributed by atoms with van der Waals surface area (Å²) in [7, 11) is 1.61. The fourth-order valence-corrected chi connectivity index (χ4v) is 1.71. The van der Waals surface area contributed by atoms with Gasteiger partial charge in [-0.25, -0.2) is 0 Å². The van der Waals surface area contributed by atoms with Gasteiger partial charge in [0, 0.05) is 6.07 Å². The summed E-state index contributed by atoms with van der Waals surface area (Å²) in [6.45, 7) is 0.752. The molecule has 0 aliphatic rings. The smallest absolute Gasteiger partial charge is 0.153 e. The van der Waals surface area contributed by atoms with Crippen LogP contribution in [0.1, 0.15) is 10.4 Å². The second kappa shape index (κ2) is 7.19. The van der Waals surface area contributed by atoms with E-state index in [0.29, 0.717) is 24.5 Å². The van der Waals surface area contributed by atoms with E-state index in [2.05, 4.69) is 0 Å². The van der Waals surface area contributed by atoms with Gasteiger partial charge in [-0.2, -0.15) is 0 Å². The summed E-state index contributed by atoms with van der Waals surface area (Å²) in [4.78, 5) is 10.8. The van der Waals surface area contributed by atoms with E-state index in [-0.39, 0.29) is 0 Å². The number of carbonyl (C=O) groups is 1. The second-order valence-electron chi connectivity index (χ2n) is 4.03. The molecule has 0 spiro atoms. The normalized spacial score (nSPS) is 9.85. The van der Waals surface area contributed by atoms with Gasteiger partial charge in [0.05, 0.1) is 12.7 Å². The minimum atomic E-state index is 0.363. The lowest BCUT2D eigenvalue weighted by Gasteiger charge is -2.10. The zero-order valence-corrected chi connectivity index (χ0v) is 11.2. The number of hydrogen-bond donors (Lipinski definition) is 0. The second-order valence-corrected chi connectivity index (χ2v) is 4.03. The number of ether oxygens (including phenoxy) is 3. The molecular formula is C16H16O4. The van der Waals surface area contributed by atoms with Crippen LogP contribution >= 0.6 is 0 Å². The Bertz CT molecular complexity index is 566. The first-order chi connectivity index (χ1) is 9.83. The van der Waals surface area contributed by atoms with Crippen molar-refractivity contribution in [2.45, 2.75) is 0 Å². The number of carbonyl (C=O) groups excluding carboxylic acids is 1. The number of benzene rings is 2. The predicted octanol–water partition coefficient (Wildman–Crippen LogP) is 2.97. The molecule has 4 nitrogen and oxygen atoms in total. The molecule has 4 heteroatoms. The number of para-hydroxylation sites is 1. The summed E-state index contributed by atoms with van der Waals surface area (Å²) in [5.74, 6) is 2.03. The SMILES string of the molecule is COc1cccc(OCCOc2ccccc2C=O)c1. The Morgan fingerprint density at radius 3 is 2.50 bits per heavy atom. The van der Waals surface area contributed by atoms with E-state index >= 15 is 0 Å². The van der Waals surface area contributed by atoms with Gasteiger partial charge in [0.15, 0.2) is 6.29 Å². The first-order valence-electron chi connectivity index (χ1n) is 6.27. The van der Waals surface area contributed by atoms with Crippen LogP contribution in [0, 0.1) is 0 Å². The molecule has 0 aliphatic heterocycles. The number of aldehydes is 1. The summed E-state index contributed by atoms with van der Waals surface area (Å²) >= 11 is 0. The number of methoxy groups -OCH3 is 1. The summed E-state index contributed by atoms with van der Waals surface area (Å²) in [6, 6.07) is 14.5. The fourth-order valence-electron chi connectivity index (χ4n) is 1.71. The topological polar surface area (TPSA) is 44.8 Å². The van der Waals surface area contributed by atoms with Gasteiger partial charge < -0.3 is 14.2 Å². The van der Waals surface area contributed by atoms with Gasteiger partial charge in [-0.15, -0.1) is 0 Å². The molecule has 0 radical (unpaired) electrons. The Morgan fingerprint density at radius 1 is 0.950 bits per heavy atom. The van der Waals surface area contributed by atoms with E-state index in [1.165, 1.54) is 0 Å². The molecule has 0 aromatic heterocycles.